The molecule has 0 aliphatic rings. The van der Waals surface area contributed by atoms with Crippen LogP contribution in [-0.4, -0.2) is 16.9 Å². The molecular formula is C13H13N3O. The van der Waals surface area contributed by atoms with Gasteiger partial charge in [0.1, 0.15) is 0 Å². The summed E-state index contributed by atoms with van der Waals surface area (Å²) in [5.74, 6) is -0.152. The number of amides is 1. The zero-order valence-corrected chi connectivity index (χ0v) is 9.53. The van der Waals surface area contributed by atoms with Crippen LogP contribution in [0.25, 0.3) is 10.9 Å². The Balaban J connectivity index is 2.25. The lowest BCUT2D eigenvalue weighted by Crippen LogP contribution is -2.32. The average molecular weight is 227 g/mol. The number of hydrogen-bond acceptors (Lipinski definition) is 2. The van der Waals surface area contributed by atoms with E-state index in [1.165, 1.54) is 0 Å². The van der Waals surface area contributed by atoms with E-state index in [-0.39, 0.29) is 11.9 Å². The van der Waals surface area contributed by atoms with Crippen molar-refractivity contribution in [1.82, 2.24) is 10.3 Å². The highest BCUT2D eigenvalue weighted by Crippen LogP contribution is 2.16. The molecule has 1 aromatic carbocycles. The van der Waals surface area contributed by atoms with Crippen molar-refractivity contribution in [3.8, 4) is 6.07 Å². The van der Waals surface area contributed by atoms with E-state index in [1.54, 1.807) is 12.3 Å². The summed E-state index contributed by atoms with van der Waals surface area (Å²) in [5.41, 5.74) is 1.44. The maximum absolute atomic E-state index is 12.0. The Kier molecular flexibility index (Phi) is 3.10. The fourth-order valence-electron chi connectivity index (χ4n) is 1.76. The first-order valence-corrected chi connectivity index (χ1v) is 5.46. The molecule has 1 atom stereocenters. The Morgan fingerprint density at radius 3 is 3.12 bits per heavy atom. The summed E-state index contributed by atoms with van der Waals surface area (Å²) < 4.78 is 0. The summed E-state index contributed by atoms with van der Waals surface area (Å²) >= 11 is 0. The monoisotopic (exact) mass is 227 g/mol. The number of nitriles is 1. The van der Waals surface area contributed by atoms with Crippen LogP contribution >= 0.6 is 0 Å². The topological polar surface area (TPSA) is 68.7 Å². The number of benzene rings is 1. The molecule has 86 valence electrons. The Morgan fingerprint density at radius 1 is 1.53 bits per heavy atom. The lowest BCUT2D eigenvalue weighted by molar-refractivity contribution is 0.0942. The Morgan fingerprint density at radius 2 is 2.35 bits per heavy atom. The molecule has 1 aromatic heterocycles. The smallest absolute Gasteiger partial charge is 0.253 e. The molecule has 0 saturated heterocycles. The van der Waals surface area contributed by atoms with Gasteiger partial charge in [-0.3, -0.25) is 4.79 Å². The van der Waals surface area contributed by atoms with E-state index in [2.05, 4.69) is 10.3 Å². The molecule has 1 unspecified atom stereocenters. The van der Waals surface area contributed by atoms with Crippen LogP contribution in [0.2, 0.25) is 0 Å². The van der Waals surface area contributed by atoms with E-state index < -0.39 is 0 Å². The summed E-state index contributed by atoms with van der Waals surface area (Å²) in [6.45, 7) is 1.82. The van der Waals surface area contributed by atoms with E-state index >= 15 is 0 Å². The van der Waals surface area contributed by atoms with Crippen molar-refractivity contribution in [3.63, 3.8) is 0 Å². The zero-order valence-electron chi connectivity index (χ0n) is 9.53. The van der Waals surface area contributed by atoms with Crippen LogP contribution in [-0.2, 0) is 0 Å². The number of para-hydroxylation sites is 1. The predicted octanol–water partition coefficient (Wildman–Crippen LogP) is 2.20. The number of fused-ring (bicyclic) bond motifs is 1. The molecule has 2 aromatic rings. The molecule has 0 fully saturated rings. The molecule has 0 aliphatic heterocycles. The van der Waals surface area contributed by atoms with Gasteiger partial charge in [-0.2, -0.15) is 5.26 Å². The van der Waals surface area contributed by atoms with E-state index in [0.717, 1.165) is 10.9 Å². The van der Waals surface area contributed by atoms with Crippen molar-refractivity contribution in [2.75, 3.05) is 0 Å². The van der Waals surface area contributed by atoms with Crippen LogP contribution in [0.4, 0.5) is 0 Å². The van der Waals surface area contributed by atoms with Gasteiger partial charge >= 0.3 is 0 Å². The molecule has 4 heteroatoms. The Labute approximate surface area is 99.3 Å². The first-order chi connectivity index (χ1) is 8.22. The van der Waals surface area contributed by atoms with E-state index in [0.29, 0.717) is 12.0 Å². The van der Waals surface area contributed by atoms with Gasteiger partial charge in [0.15, 0.2) is 0 Å². The van der Waals surface area contributed by atoms with Crippen molar-refractivity contribution in [2.45, 2.75) is 19.4 Å². The molecular weight excluding hydrogens is 214 g/mol. The minimum Gasteiger partial charge on any atom is -0.361 e. The number of aromatic amines is 1. The maximum Gasteiger partial charge on any atom is 0.253 e. The summed E-state index contributed by atoms with van der Waals surface area (Å²) in [7, 11) is 0. The van der Waals surface area contributed by atoms with Crippen LogP contribution in [0.3, 0.4) is 0 Å². The molecule has 2 rings (SSSR count). The molecule has 17 heavy (non-hydrogen) atoms. The van der Waals surface area contributed by atoms with Gasteiger partial charge in [-0.05, 0) is 19.1 Å². The number of H-pyrrole nitrogens is 1. The number of aromatic nitrogens is 1. The Bertz CT molecular complexity index is 580. The van der Waals surface area contributed by atoms with Gasteiger partial charge in [0.05, 0.1) is 23.6 Å². The molecule has 0 saturated carbocycles. The standard InChI is InChI=1S/C13H13N3O/c1-9(5-7-14)16-13(17)11-4-2-3-10-6-8-15-12(10)11/h2-4,6,8-9,15H,5H2,1H3,(H,16,17). The largest absolute Gasteiger partial charge is 0.361 e. The number of carbonyl (C=O) groups excluding carboxylic acids is 1. The van der Waals surface area contributed by atoms with Crippen molar-refractivity contribution < 1.29 is 4.79 Å². The van der Waals surface area contributed by atoms with E-state index in [1.807, 2.05) is 31.2 Å². The van der Waals surface area contributed by atoms with E-state index in [9.17, 15) is 4.79 Å². The second-order valence-corrected chi connectivity index (χ2v) is 3.98. The molecule has 0 spiro atoms. The summed E-state index contributed by atoms with van der Waals surface area (Å²) in [5, 5.41) is 12.4. The van der Waals surface area contributed by atoms with Crippen LogP contribution in [0, 0.1) is 11.3 Å². The quantitative estimate of drug-likeness (QED) is 0.844. The summed E-state index contributed by atoms with van der Waals surface area (Å²) in [6.07, 6.45) is 2.12. The molecule has 1 heterocycles. The van der Waals surface area contributed by atoms with Gasteiger partial charge in [-0.15, -0.1) is 0 Å². The number of carbonyl (C=O) groups is 1. The van der Waals surface area contributed by atoms with Crippen molar-refractivity contribution >= 4 is 16.8 Å². The van der Waals surface area contributed by atoms with E-state index in [4.69, 9.17) is 5.26 Å². The third-order valence-corrected chi connectivity index (χ3v) is 2.61. The first-order valence-electron chi connectivity index (χ1n) is 5.46. The van der Waals surface area contributed by atoms with Crippen LogP contribution in [0.1, 0.15) is 23.7 Å². The highest BCUT2D eigenvalue weighted by molar-refractivity contribution is 6.05. The van der Waals surface area contributed by atoms with Crippen LogP contribution < -0.4 is 5.32 Å². The van der Waals surface area contributed by atoms with Gasteiger partial charge in [0.25, 0.3) is 5.91 Å². The van der Waals surface area contributed by atoms with Crippen molar-refractivity contribution in [1.29, 1.82) is 5.26 Å². The lowest BCUT2D eigenvalue weighted by Gasteiger charge is -2.10. The first kappa shape index (κ1) is 11.2. The molecule has 2 N–H and O–H groups in total. The third kappa shape index (κ3) is 2.28. The SMILES string of the molecule is CC(CC#N)NC(=O)c1cccc2cc[nH]c12. The summed E-state index contributed by atoms with van der Waals surface area (Å²) in [6, 6.07) is 9.38. The predicted molar refractivity (Wildman–Crippen MR) is 65.5 cm³/mol. The van der Waals surface area contributed by atoms with Crippen molar-refractivity contribution in [3.05, 3.63) is 36.0 Å². The van der Waals surface area contributed by atoms with Gasteiger partial charge in [-0.25, -0.2) is 0 Å². The second kappa shape index (κ2) is 4.71. The Hall–Kier alpha value is -2.28. The minimum absolute atomic E-state index is 0.141. The fraction of sp³-hybridized carbons (Fsp3) is 0.231. The number of nitrogens with one attached hydrogen (secondary N) is 2. The molecule has 4 nitrogen and oxygen atoms in total. The maximum atomic E-state index is 12.0. The number of nitrogens with zero attached hydrogens (tertiary/aromatic N) is 1. The fourth-order valence-corrected chi connectivity index (χ4v) is 1.76. The zero-order chi connectivity index (χ0) is 12.3. The van der Waals surface area contributed by atoms with Crippen LogP contribution in [0.15, 0.2) is 30.5 Å². The number of hydrogen-bond donors (Lipinski definition) is 2. The highest BCUT2D eigenvalue weighted by atomic mass is 16.1. The highest BCUT2D eigenvalue weighted by Gasteiger charge is 2.12. The van der Waals surface area contributed by atoms with Gasteiger partial charge in [0.2, 0.25) is 0 Å². The average Bonchev–Trinajstić information content (AvgIpc) is 2.76. The van der Waals surface area contributed by atoms with Gasteiger partial charge in [-0.1, -0.05) is 12.1 Å². The molecule has 0 aliphatic carbocycles. The minimum atomic E-state index is -0.152. The molecule has 1 amide bonds. The molecule has 0 bridgehead atoms. The second-order valence-electron chi connectivity index (χ2n) is 3.98. The van der Waals surface area contributed by atoms with Gasteiger partial charge < -0.3 is 10.3 Å². The lowest BCUT2D eigenvalue weighted by atomic mass is 10.1. The molecule has 0 radical (unpaired) electrons. The summed E-state index contributed by atoms with van der Waals surface area (Å²) in [4.78, 5) is 15.0. The third-order valence-electron chi connectivity index (χ3n) is 2.61. The van der Waals surface area contributed by atoms with Crippen molar-refractivity contribution in [2.24, 2.45) is 0 Å². The normalized spacial score (nSPS) is 12.0. The number of rotatable bonds is 3. The van der Waals surface area contributed by atoms with Gasteiger partial charge in [0, 0.05) is 17.6 Å². The van der Waals surface area contributed by atoms with Crippen LogP contribution in [0.5, 0.6) is 0 Å².